The summed E-state index contributed by atoms with van der Waals surface area (Å²) >= 11 is 0. The number of hydrogen-bond donors (Lipinski definition) is 0. The van der Waals surface area contributed by atoms with Crippen molar-refractivity contribution in [2.24, 2.45) is 0 Å². The second-order valence-corrected chi connectivity index (χ2v) is 5.46. The molecule has 0 aliphatic heterocycles. The van der Waals surface area contributed by atoms with Crippen molar-refractivity contribution in [3.05, 3.63) is 53.6 Å². The fourth-order valence-electron chi connectivity index (χ4n) is 1.79. The first-order chi connectivity index (χ1) is 10.8. The molecule has 0 aromatic heterocycles. The summed E-state index contributed by atoms with van der Waals surface area (Å²) in [5.41, 5.74) is 2.88. The predicted molar refractivity (Wildman–Crippen MR) is 89.5 cm³/mol. The van der Waals surface area contributed by atoms with E-state index < -0.39 is 11.9 Å². The van der Waals surface area contributed by atoms with Crippen molar-refractivity contribution in [1.29, 1.82) is 0 Å². The Labute approximate surface area is 137 Å². The molecular weight excluding hydrogens is 294 g/mol. The van der Waals surface area contributed by atoms with Gasteiger partial charge in [-0.1, -0.05) is 44.2 Å². The molecule has 0 heterocycles. The van der Waals surface area contributed by atoms with E-state index in [1.165, 1.54) is 13.8 Å². The lowest BCUT2D eigenvalue weighted by Gasteiger charge is -2.23. The third-order valence-electron chi connectivity index (χ3n) is 2.98. The highest BCUT2D eigenvalue weighted by Gasteiger charge is 2.21. The molecule has 1 aromatic carbocycles. The first kappa shape index (κ1) is 18.5. The average molecular weight is 317 g/mol. The van der Waals surface area contributed by atoms with Gasteiger partial charge in [0.05, 0.1) is 0 Å². The van der Waals surface area contributed by atoms with Crippen molar-refractivity contribution in [3.8, 4) is 0 Å². The van der Waals surface area contributed by atoms with E-state index in [2.05, 4.69) is 13.2 Å². The Morgan fingerprint density at radius 2 is 1.61 bits per heavy atom. The second-order valence-electron chi connectivity index (χ2n) is 5.46. The van der Waals surface area contributed by atoms with Crippen molar-refractivity contribution in [2.75, 3.05) is 5.23 Å². The summed E-state index contributed by atoms with van der Waals surface area (Å²) < 4.78 is 0. The first-order valence-electron chi connectivity index (χ1n) is 7.41. The molecule has 0 N–H and O–H groups in total. The third kappa shape index (κ3) is 5.29. The normalized spacial score (nSPS) is 9.91. The Bertz CT molecular complexity index is 606. The average Bonchev–Trinajstić information content (AvgIpc) is 2.46. The molecule has 0 radical (unpaired) electrons. The van der Waals surface area contributed by atoms with Gasteiger partial charge in [0.15, 0.2) is 0 Å². The van der Waals surface area contributed by atoms with Gasteiger partial charge in [0.25, 0.3) is 0 Å². The van der Waals surface area contributed by atoms with Crippen molar-refractivity contribution in [1.82, 2.24) is 0 Å². The molecule has 0 fully saturated rings. The van der Waals surface area contributed by atoms with E-state index in [0.29, 0.717) is 5.69 Å². The Morgan fingerprint density at radius 3 is 2.04 bits per heavy atom. The van der Waals surface area contributed by atoms with E-state index in [0.717, 1.165) is 29.2 Å². The second kappa shape index (κ2) is 8.17. The first-order valence-corrected chi connectivity index (χ1v) is 7.41. The Morgan fingerprint density at radius 1 is 1.09 bits per heavy atom. The molecule has 0 bridgehead atoms. The topological polar surface area (TPSA) is 55.8 Å². The number of aryl methyl sites for hydroxylation is 2. The lowest BCUT2D eigenvalue weighted by atomic mass is 10.1. The van der Waals surface area contributed by atoms with Crippen LogP contribution in [0, 0.1) is 6.92 Å². The highest BCUT2D eigenvalue weighted by Crippen LogP contribution is 2.25. The molecule has 0 unspecified atom stereocenters. The summed E-state index contributed by atoms with van der Waals surface area (Å²) in [6.07, 6.45) is 1.65. The summed E-state index contributed by atoms with van der Waals surface area (Å²) in [5.74, 6) is -1.36. The fraction of sp³-hybridized carbons (Fsp3) is 0.333. The molecule has 1 aromatic rings. The zero-order valence-corrected chi connectivity index (χ0v) is 14.1. The van der Waals surface area contributed by atoms with E-state index in [9.17, 15) is 9.59 Å². The number of anilines is 1. The third-order valence-corrected chi connectivity index (χ3v) is 2.98. The Balaban J connectivity index is 3.21. The van der Waals surface area contributed by atoms with Crippen LogP contribution in [-0.4, -0.2) is 11.9 Å². The lowest BCUT2D eigenvalue weighted by molar-refractivity contribution is -0.168. The van der Waals surface area contributed by atoms with Gasteiger partial charge in [0, 0.05) is 11.1 Å². The molecule has 0 saturated heterocycles. The maximum absolute atomic E-state index is 11.8. The summed E-state index contributed by atoms with van der Waals surface area (Å²) in [6, 6.07) is 5.57. The molecule has 0 amide bonds. The zero-order chi connectivity index (χ0) is 17.6. The molecular formula is C18H23NO4. The van der Waals surface area contributed by atoms with Crippen LogP contribution < -0.4 is 5.23 Å². The molecule has 0 saturated carbocycles. The summed E-state index contributed by atoms with van der Waals surface area (Å²) in [7, 11) is 0. The van der Waals surface area contributed by atoms with Gasteiger partial charge in [-0.15, -0.1) is 0 Å². The van der Waals surface area contributed by atoms with Crippen molar-refractivity contribution in [2.45, 2.75) is 40.5 Å². The minimum absolute atomic E-state index is 0.200. The van der Waals surface area contributed by atoms with Gasteiger partial charge in [-0.2, -0.15) is 0 Å². The maximum atomic E-state index is 11.8. The number of benzene rings is 1. The molecule has 23 heavy (non-hydrogen) atoms. The van der Waals surface area contributed by atoms with Crippen LogP contribution in [0.5, 0.6) is 0 Å². The van der Waals surface area contributed by atoms with Gasteiger partial charge in [0.2, 0.25) is 0 Å². The Hall–Kier alpha value is -2.56. The van der Waals surface area contributed by atoms with Gasteiger partial charge < -0.3 is 9.68 Å². The largest absolute Gasteiger partial charge is 0.362 e. The number of hydrogen-bond acceptors (Lipinski definition) is 5. The van der Waals surface area contributed by atoms with Gasteiger partial charge in [-0.25, -0.2) is 9.59 Å². The van der Waals surface area contributed by atoms with Crippen LogP contribution in [0.4, 0.5) is 5.69 Å². The highest BCUT2D eigenvalue weighted by molar-refractivity contribution is 5.89. The van der Waals surface area contributed by atoms with Crippen LogP contribution in [0.3, 0.4) is 0 Å². The standard InChI is InChI=1S/C18H23NO4/c1-7-8-15-11-14(6)9-10-16(15)19(22-17(20)12(2)3)23-18(21)13(4)5/h9-11H,2,4,7-8H2,1,3,5-6H3. The van der Waals surface area contributed by atoms with E-state index >= 15 is 0 Å². The van der Waals surface area contributed by atoms with Crippen LogP contribution in [0.25, 0.3) is 0 Å². The SMILES string of the molecule is C=C(C)C(=O)ON(OC(=O)C(=C)C)c1ccc(C)cc1CCC. The van der Waals surface area contributed by atoms with Crippen LogP contribution in [-0.2, 0) is 25.7 Å². The summed E-state index contributed by atoms with van der Waals surface area (Å²) in [5, 5.41) is 0.846. The van der Waals surface area contributed by atoms with E-state index in [4.69, 9.17) is 9.68 Å². The fourth-order valence-corrected chi connectivity index (χ4v) is 1.79. The van der Waals surface area contributed by atoms with Gasteiger partial charge in [-0.05, 0) is 44.0 Å². The van der Waals surface area contributed by atoms with Gasteiger partial charge in [0.1, 0.15) is 5.69 Å². The zero-order valence-electron chi connectivity index (χ0n) is 14.1. The molecule has 0 atom stereocenters. The number of carbonyl (C=O) groups excluding carboxylic acids is 2. The van der Waals surface area contributed by atoms with Crippen LogP contribution in [0.2, 0.25) is 0 Å². The monoisotopic (exact) mass is 317 g/mol. The van der Waals surface area contributed by atoms with E-state index in [1.807, 2.05) is 26.0 Å². The molecule has 5 nitrogen and oxygen atoms in total. The van der Waals surface area contributed by atoms with Gasteiger partial charge >= 0.3 is 11.9 Å². The minimum Gasteiger partial charge on any atom is -0.301 e. The molecule has 0 aliphatic carbocycles. The Kier molecular flexibility index (Phi) is 6.57. The van der Waals surface area contributed by atoms with Crippen molar-refractivity contribution in [3.63, 3.8) is 0 Å². The summed E-state index contributed by atoms with van der Waals surface area (Å²) in [6.45, 7) is 14.1. The van der Waals surface area contributed by atoms with Crippen LogP contribution >= 0.6 is 0 Å². The molecule has 124 valence electrons. The van der Waals surface area contributed by atoms with Gasteiger partial charge in [-0.3, -0.25) is 0 Å². The van der Waals surface area contributed by atoms with Crippen molar-refractivity contribution < 1.29 is 19.3 Å². The lowest BCUT2D eigenvalue weighted by Crippen LogP contribution is -2.31. The number of carbonyl (C=O) groups is 2. The quantitative estimate of drug-likeness (QED) is 0.565. The molecule has 0 spiro atoms. The predicted octanol–water partition coefficient (Wildman–Crippen LogP) is 3.82. The number of rotatable bonds is 7. The molecule has 5 heteroatoms. The van der Waals surface area contributed by atoms with Crippen LogP contribution in [0.1, 0.15) is 38.3 Å². The number of nitrogens with zero attached hydrogens (tertiary/aromatic N) is 1. The van der Waals surface area contributed by atoms with E-state index in [-0.39, 0.29) is 11.1 Å². The molecule has 1 rings (SSSR count). The maximum Gasteiger partial charge on any atom is 0.362 e. The molecule has 0 aliphatic rings. The minimum atomic E-state index is -0.678. The smallest absolute Gasteiger partial charge is 0.301 e. The highest BCUT2D eigenvalue weighted by atomic mass is 17.0. The van der Waals surface area contributed by atoms with E-state index in [1.54, 1.807) is 6.07 Å². The van der Waals surface area contributed by atoms with Crippen LogP contribution in [0.15, 0.2) is 42.5 Å². The van der Waals surface area contributed by atoms with Crippen molar-refractivity contribution >= 4 is 17.6 Å². The summed E-state index contributed by atoms with van der Waals surface area (Å²) in [4.78, 5) is 34.0.